The lowest BCUT2D eigenvalue weighted by atomic mass is 9.77. The lowest BCUT2D eigenvalue weighted by Gasteiger charge is -2.31. The number of carbonyl (C=O) groups excluding carboxylic acids is 1. The topological polar surface area (TPSA) is 80.4 Å². The van der Waals surface area contributed by atoms with E-state index in [0.29, 0.717) is 5.56 Å². The molecule has 1 atom stereocenters. The first-order chi connectivity index (χ1) is 11.5. The van der Waals surface area contributed by atoms with Gasteiger partial charge >= 0.3 is 5.97 Å². The van der Waals surface area contributed by atoms with Gasteiger partial charge in [0.15, 0.2) is 5.78 Å². The lowest BCUT2D eigenvalue weighted by molar-refractivity contribution is -0.132. The number of benzene rings is 2. The molecule has 3 N–H and O–H groups in total. The van der Waals surface area contributed by atoms with Crippen molar-refractivity contribution in [3.8, 4) is 0 Å². The molecular weight excluding hydrogens is 302 g/mol. The minimum Gasteiger partial charge on any atom is -0.478 e. The van der Waals surface area contributed by atoms with Crippen molar-refractivity contribution in [3.63, 3.8) is 0 Å². The Morgan fingerprint density at radius 2 is 1.54 bits per heavy atom. The Hall–Kier alpha value is -2.98. The van der Waals surface area contributed by atoms with Crippen LogP contribution in [0.2, 0.25) is 0 Å². The highest BCUT2D eigenvalue weighted by atomic mass is 16.4. The SMILES string of the molecule is NC1(c2ccccc2)C=CC(C(=O)O)=C(C(=O)c2ccccc2)C1. The van der Waals surface area contributed by atoms with Crippen molar-refractivity contribution in [2.75, 3.05) is 0 Å². The minimum absolute atomic E-state index is 0.000796. The molecule has 0 aliphatic heterocycles. The Labute approximate surface area is 139 Å². The fourth-order valence-electron chi connectivity index (χ4n) is 2.89. The fraction of sp³-hybridized carbons (Fsp3) is 0.100. The number of ketones is 1. The van der Waals surface area contributed by atoms with Crippen LogP contribution in [-0.2, 0) is 10.3 Å². The van der Waals surface area contributed by atoms with Gasteiger partial charge in [-0.2, -0.15) is 0 Å². The molecular formula is C20H17NO3. The van der Waals surface area contributed by atoms with Crippen LogP contribution in [0.4, 0.5) is 0 Å². The van der Waals surface area contributed by atoms with E-state index >= 15 is 0 Å². The third kappa shape index (κ3) is 2.92. The van der Waals surface area contributed by atoms with Gasteiger partial charge in [0.05, 0.1) is 11.1 Å². The maximum Gasteiger partial charge on any atom is 0.336 e. The highest BCUT2D eigenvalue weighted by Gasteiger charge is 2.34. The number of rotatable bonds is 4. The van der Waals surface area contributed by atoms with Crippen LogP contribution in [0, 0.1) is 0 Å². The number of Topliss-reactive ketones (excluding diaryl/α,β-unsaturated/α-hetero) is 1. The molecule has 1 unspecified atom stereocenters. The molecule has 120 valence electrons. The molecule has 2 aromatic carbocycles. The standard InChI is InChI=1S/C20H17NO3/c21-20(15-9-5-2-6-10-15)12-11-16(19(23)24)17(13-20)18(22)14-7-3-1-4-8-14/h1-12H,13,21H2,(H,23,24). The number of hydrogen-bond acceptors (Lipinski definition) is 3. The number of carbonyl (C=O) groups is 2. The number of nitrogens with two attached hydrogens (primary N) is 1. The Bertz CT molecular complexity index is 838. The van der Waals surface area contributed by atoms with E-state index in [9.17, 15) is 14.7 Å². The maximum atomic E-state index is 12.8. The normalized spacial score (nSPS) is 20.0. The zero-order valence-corrected chi connectivity index (χ0v) is 13.0. The molecule has 2 aromatic rings. The summed E-state index contributed by atoms with van der Waals surface area (Å²) in [7, 11) is 0. The molecule has 0 radical (unpaired) electrons. The molecule has 0 heterocycles. The van der Waals surface area contributed by atoms with E-state index in [1.165, 1.54) is 6.08 Å². The van der Waals surface area contributed by atoms with Crippen molar-refractivity contribution in [2.24, 2.45) is 5.73 Å². The summed E-state index contributed by atoms with van der Waals surface area (Å²) in [4.78, 5) is 24.4. The molecule has 0 saturated carbocycles. The van der Waals surface area contributed by atoms with E-state index in [-0.39, 0.29) is 23.4 Å². The number of hydrogen-bond donors (Lipinski definition) is 2. The predicted molar refractivity (Wildman–Crippen MR) is 91.5 cm³/mol. The van der Waals surface area contributed by atoms with Gasteiger partial charge in [0, 0.05) is 17.6 Å². The van der Waals surface area contributed by atoms with Gasteiger partial charge in [-0.05, 0) is 11.6 Å². The van der Waals surface area contributed by atoms with E-state index in [4.69, 9.17) is 5.73 Å². The maximum absolute atomic E-state index is 12.8. The molecule has 0 fully saturated rings. The highest BCUT2D eigenvalue weighted by molar-refractivity contribution is 6.13. The second-order valence-corrected chi connectivity index (χ2v) is 5.81. The summed E-state index contributed by atoms with van der Waals surface area (Å²) in [6, 6.07) is 18.0. The van der Waals surface area contributed by atoms with E-state index < -0.39 is 11.5 Å². The van der Waals surface area contributed by atoms with Crippen molar-refractivity contribution in [1.29, 1.82) is 0 Å². The van der Waals surface area contributed by atoms with Gasteiger partial charge in [0.25, 0.3) is 0 Å². The average Bonchev–Trinajstić information content (AvgIpc) is 2.62. The predicted octanol–water partition coefficient (Wildman–Crippen LogP) is 3.06. The summed E-state index contributed by atoms with van der Waals surface area (Å²) in [5.41, 5.74) is 7.10. The lowest BCUT2D eigenvalue weighted by Crippen LogP contribution is -2.38. The van der Waals surface area contributed by atoms with Gasteiger partial charge in [0.1, 0.15) is 0 Å². The zero-order valence-electron chi connectivity index (χ0n) is 13.0. The second-order valence-electron chi connectivity index (χ2n) is 5.81. The van der Waals surface area contributed by atoms with Crippen molar-refractivity contribution in [1.82, 2.24) is 0 Å². The van der Waals surface area contributed by atoms with Gasteiger partial charge in [-0.3, -0.25) is 4.79 Å². The smallest absolute Gasteiger partial charge is 0.336 e. The molecule has 4 nitrogen and oxygen atoms in total. The summed E-state index contributed by atoms with van der Waals surface area (Å²) >= 11 is 0. The molecule has 1 aliphatic carbocycles. The van der Waals surface area contributed by atoms with Gasteiger partial charge in [-0.1, -0.05) is 66.7 Å². The van der Waals surface area contributed by atoms with E-state index in [1.54, 1.807) is 36.4 Å². The van der Waals surface area contributed by atoms with E-state index in [1.807, 2.05) is 30.3 Å². The van der Waals surface area contributed by atoms with Crippen LogP contribution in [0.5, 0.6) is 0 Å². The monoisotopic (exact) mass is 319 g/mol. The van der Waals surface area contributed by atoms with E-state index in [2.05, 4.69) is 0 Å². The Morgan fingerprint density at radius 1 is 0.958 bits per heavy atom. The first-order valence-electron chi connectivity index (χ1n) is 7.61. The molecule has 4 heteroatoms. The molecule has 0 aromatic heterocycles. The Balaban J connectivity index is 2.05. The van der Waals surface area contributed by atoms with Crippen LogP contribution in [0.15, 0.2) is 84.0 Å². The van der Waals surface area contributed by atoms with Crippen LogP contribution >= 0.6 is 0 Å². The first-order valence-corrected chi connectivity index (χ1v) is 7.61. The number of aliphatic carboxylic acids is 1. The molecule has 0 bridgehead atoms. The molecule has 0 amide bonds. The van der Waals surface area contributed by atoms with Gasteiger partial charge in [0.2, 0.25) is 0 Å². The summed E-state index contributed by atoms with van der Waals surface area (Å²) in [6.07, 6.45) is 3.24. The average molecular weight is 319 g/mol. The van der Waals surface area contributed by atoms with E-state index in [0.717, 1.165) is 5.56 Å². The van der Waals surface area contributed by atoms with Crippen LogP contribution in [-0.4, -0.2) is 16.9 Å². The first kappa shape index (κ1) is 15.9. The molecule has 24 heavy (non-hydrogen) atoms. The second kappa shape index (κ2) is 6.26. The van der Waals surface area contributed by atoms with Gasteiger partial charge < -0.3 is 10.8 Å². The summed E-state index contributed by atoms with van der Waals surface area (Å²) in [6.45, 7) is 0. The third-order valence-corrected chi connectivity index (χ3v) is 4.19. The third-order valence-electron chi connectivity index (χ3n) is 4.19. The quantitative estimate of drug-likeness (QED) is 0.849. The summed E-state index contributed by atoms with van der Waals surface area (Å²) < 4.78 is 0. The van der Waals surface area contributed by atoms with Crippen molar-refractivity contribution in [2.45, 2.75) is 12.0 Å². The number of carboxylic acids is 1. The summed E-state index contributed by atoms with van der Waals surface area (Å²) in [5.74, 6) is -1.43. The van der Waals surface area contributed by atoms with Crippen molar-refractivity contribution in [3.05, 3.63) is 95.1 Å². The van der Waals surface area contributed by atoms with Crippen LogP contribution in [0.3, 0.4) is 0 Å². The van der Waals surface area contributed by atoms with Crippen molar-refractivity contribution < 1.29 is 14.7 Å². The molecule has 0 saturated heterocycles. The van der Waals surface area contributed by atoms with Crippen LogP contribution in [0.25, 0.3) is 0 Å². The van der Waals surface area contributed by atoms with Gasteiger partial charge in [-0.25, -0.2) is 4.79 Å². The highest BCUT2D eigenvalue weighted by Crippen LogP contribution is 2.35. The Morgan fingerprint density at radius 3 is 2.12 bits per heavy atom. The Kier molecular flexibility index (Phi) is 4.15. The largest absolute Gasteiger partial charge is 0.478 e. The summed E-state index contributed by atoms with van der Waals surface area (Å²) in [5, 5.41) is 9.44. The molecule has 3 rings (SSSR count). The molecule has 1 aliphatic rings. The fourth-order valence-corrected chi connectivity index (χ4v) is 2.89. The number of carboxylic acid groups (broad SMARTS) is 1. The minimum atomic E-state index is -1.12. The van der Waals surface area contributed by atoms with Crippen LogP contribution in [0.1, 0.15) is 22.3 Å². The van der Waals surface area contributed by atoms with Gasteiger partial charge in [-0.15, -0.1) is 0 Å². The zero-order chi connectivity index (χ0) is 17.2. The molecule has 0 spiro atoms. The van der Waals surface area contributed by atoms with Crippen LogP contribution < -0.4 is 5.73 Å². The van der Waals surface area contributed by atoms with Crippen molar-refractivity contribution >= 4 is 11.8 Å².